The maximum absolute atomic E-state index is 11.9. The molecule has 21 heavy (non-hydrogen) atoms. The van der Waals surface area contributed by atoms with Gasteiger partial charge in [-0.05, 0) is 30.4 Å². The highest BCUT2D eigenvalue weighted by Crippen LogP contribution is 2.40. The molecule has 2 atom stereocenters. The third-order valence-corrected chi connectivity index (χ3v) is 4.68. The Hall–Kier alpha value is -1.51. The molecule has 1 aliphatic rings. The molecule has 0 fully saturated rings. The van der Waals surface area contributed by atoms with E-state index in [1.165, 1.54) is 6.42 Å². The molecule has 1 aliphatic heterocycles. The predicted octanol–water partition coefficient (Wildman–Crippen LogP) is 4.30. The normalized spacial score (nSPS) is 22.2. The van der Waals surface area contributed by atoms with Crippen LogP contribution in [0.1, 0.15) is 51.5 Å². The summed E-state index contributed by atoms with van der Waals surface area (Å²) in [5, 5.41) is 9.80. The van der Waals surface area contributed by atoms with E-state index in [0.29, 0.717) is 25.4 Å². The molecule has 0 aromatic heterocycles. The molecule has 0 aliphatic carbocycles. The Labute approximate surface area is 127 Å². The minimum atomic E-state index is -0.761. The first kappa shape index (κ1) is 15.9. The number of para-hydroxylation sites is 1. The smallest absolute Gasteiger partial charge is 0.313 e. The van der Waals surface area contributed by atoms with E-state index < -0.39 is 11.4 Å². The summed E-state index contributed by atoms with van der Waals surface area (Å²) in [5.41, 5.74) is 0.263. The molecule has 116 valence electrons. The zero-order valence-electron chi connectivity index (χ0n) is 13.1. The van der Waals surface area contributed by atoms with Crippen LogP contribution in [0.25, 0.3) is 0 Å². The maximum atomic E-state index is 11.9. The van der Waals surface area contributed by atoms with Gasteiger partial charge in [0.1, 0.15) is 17.8 Å². The molecule has 1 aromatic carbocycles. The van der Waals surface area contributed by atoms with Crippen LogP contribution in [-0.2, 0) is 11.2 Å². The number of unbranched alkanes of at least 4 members (excludes halogenated alkanes) is 1. The van der Waals surface area contributed by atoms with Gasteiger partial charge in [0.2, 0.25) is 0 Å². The number of ether oxygens (including phenoxy) is 1. The van der Waals surface area contributed by atoms with Gasteiger partial charge < -0.3 is 9.84 Å². The number of aliphatic carboxylic acids is 1. The number of fused-ring (bicyclic) bond motifs is 1. The average molecular weight is 290 g/mol. The van der Waals surface area contributed by atoms with Gasteiger partial charge in [-0.25, -0.2) is 0 Å². The van der Waals surface area contributed by atoms with Gasteiger partial charge in [-0.15, -0.1) is 0 Å². The Morgan fingerprint density at radius 1 is 1.38 bits per heavy atom. The summed E-state index contributed by atoms with van der Waals surface area (Å²) in [6.07, 6.45) is 5.79. The number of hydrogen-bond acceptors (Lipinski definition) is 2. The molecule has 1 N–H and O–H groups in total. The highest BCUT2D eigenvalue weighted by molar-refractivity contribution is 5.76. The van der Waals surface area contributed by atoms with Gasteiger partial charge in [-0.2, -0.15) is 0 Å². The standard InChI is InChI=1S/C18H26O3/c1-3-5-8-14(4-2)11-18(17(19)20)12-15-9-6-7-10-16(15)21-13-18/h6-7,9-10,14H,3-5,8,11-13H2,1-2H3,(H,19,20). The quantitative estimate of drug-likeness (QED) is 0.814. The van der Waals surface area contributed by atoms with Crippen LogP contribution in [0.5, 0.6) is 5.75 Å². The van der Waals surface area contributed by atoms with Gasteiger partial charge in [0.15, 0.2) is 0 Å². The van der Waals surface area contributed by atoms with E-state index in [1.807, 2.05) is 24.3 Å². The van der Waals surface area contributed by atoms with Crippen molar-refractivity contribution in [2.24, 2.45) is 11.3 Å². The monoisotopic (exact) mass is 290 g/mol. The molecule has 0 bridgehead atoms. The van der Waals surface area contributed by atoms with E-state index in [4.69, 9.17) is 4.74 Å². The van der Waals surface area contributed by atoms with Crippen LogP contribution in [-0.4, -0.2) is 17.7 Å². The molecule has 3 heteroatoms. The molecule has 0 radical (unpaired) electrons. The summed E-state index contributed by atoms with van der Waals surface area (Å²) in [6.45, 7) is 4.63. The fourth-order valence-electron chi connectivity index (χ4n) is 3.27. The van der Waals surface area contributed by atoms with Crippen molar-refractivity contribution < 1.29 is 14.6 Å². The van der Waals surface area contributed by atoms with Crippen molar-refractivity contribution in [2.75, 3.05) is 6.61 Å². The van der Waals surface area contributed by atoms with Crippen LogP contribution in [0.2, 0.25) is 0 Å². The Balaban J connectivity index is 2.17. The number of carboxylic acid groups (broad SMARTS) is 1. The number of benzene rings is 1. The van der Waals surface area contributed by atoms with E-state index >= 15 is 0 Å². The van der Waals surface area contributed by atoms with Crippen molar-refractivity contribution in [3.63, 3.8) is 0 Å². The molecule has 0 saturated heterocycles. The van der Waals surface area contributed by atoms with Crippen LogP contribution < -0.4 is 4.74 Å². The van der Waals surface area contributed by atoms with Gasteiger partial charge in [-0.1, -0.05) is 57.7 Å². The zero-order valence-corrected chi connectivity index (χ0v) is 13.1. The summed E-state index contributed by atoms with van der Waals surface area (Å²) in [5.74, 6) is 0.595. The molecule has 1 heterocycles. The number of hydrogen-bond donors (Lipinski definition) is 1. The molecule has 0 saturated carbocycles. The third kappa shape index (κ3) is 3.58. The second-order valence-corrected chi connectivity index (χ2v) is 6.28. The van der Waals surface area contributed by atoms with E-state index in [0.717, 1.165) is 30.6 Å². The van der Waals surface area contributed by atoms with Crippen molar-refractivity contribution in [3.05, 3.63) is 29.8 Å². The lowest BCUT2D eigenvalue weighted by Crippen LogP contribution is -2.43. The molecule has 2 rings (SSSR count). The lowest BCUT2D eigenvalue weighted by molar-refractivity contribution is -0.153. The van der Waals surface area contributed by atoms with E-state index in [9.17, 15) is 9.90 Å². The van der Waals surface area contributed by atoms with Crippen molar-refractivity contribution in [2.45, 2.75) is 52.4 Å². The molecule has 0 amide bonds. The first-order valence-electron chi connectivity index (χ1n) is 8.05. The van der Waals surface area contributed by atoms with E-state index in [1.54, 1.807) is 0 Å². The van der Waals surface area contributed by atoms with Crippen LogP contribution in [0.4, 0.5) is 0 Å². The molecular formula is C18H26O3. The van der Waals surface area contributed by atoms with Gasteiger partial charge in [0.25, 0.3) is 0 Å². The topological polar surface area (TPSA) is 46.5 Å². The molecule has 3 nitrogen and oxygen atoms in total. The van der Waals surface area contributed by atoms with Gasteiger partial charge in [0.05, 0.1) is 0 Å². The summed E-state index contributed by atoms with van der Waals surface area (Å²) < 4.78 is 5.77. The SMILES string of the molecule is CCCCC(CC)CC1(C(=O)O)COc2ccccc2C1. The van der Waals surface area contributed by atoms with Crippen molar-refractivity contribution >= 4 is 5.97 Å². The first-order valence-corrected chi connectivity index (χ1v) is 8.05. The van der Waals surface area contributed by atoms with Crippen LogP contribution in [0.15, 0.2) is 24.3 Å². The van der Waals surface area contributed by atoms with Crippen LogP contribution >= 0.6 is 0 Å². The third-order valence-electron chi connectivity index (χ3n) is 4.68. The molecule has 1 aromatic rings. The summed E-state index contributed by atoms with van der Waals surface area (Å²) in [6, 6.07) is 7.80. The fourth-order valence-corrected chi connectivity index (χ4v) is 3.27. The summed E-state index contributed by atoms with van der Waals surface area (Å²) in [4.78, 5) is 11.9. The Morgan fingerprint density at radius 2 is 2.14 bits per heavy atom. The van der Waals surface area contributed by atoms with Gasteiger partial charge in [0, 0.05) is 0 Å². The van der Waals surface area contributed by atoms with Crippen LogP contribution in [0.3, 0.4) is 0 Å². The van der Waals surface area contributed by atoms with Gasteiger partial charge >= 0.3 is 5.97 Å². The molecular weight excluding hydrogens is 264 g/mol. The molecule has 2 unspecified atom stereocenters. The van der Waals surface area contributed by atoms with E-state index in [2.05, 4.69) is 13.8 Å². The highest BCUT2D eigenvalue weighted by atomic mass is 16.5. The highest BCUT2D eigenvalue weighted by Gasteiger charge is 2.44. The lowest BCUT2D eigenvalue weighted by atomic mass is 9.72. The van der Waals surface area contributed by atoms with E-state index in [-0.39, 0.29) is 0 Å². The Kier molecular flexibility index (Phi) is 5.27. The fraction of sp³-hybridized carbons (Fsp3) is 0.611. The summed E-state index contributed by atoms with van der Waals surface area (Å²) >= 11 is 0. The van der Waals surface area contributed by atoms with Crippen molar-refractivity contribution in [1.29, 1.82) is 0 Å². The number of carbonyl (C=O) groups is 1. The minimum absolute atomic E-state index is 0.294. The Bertz CT molecular complexity index is 483. The minimum Gasteiger partial charge on any atom is -0.492 e. The second kappa shape index (κ2) is 6.97. The lowest BCUT2D eigenvalue weighted by Gasteiger charge is -2.36. The summed E-state index contributed by atoms with van der Waals surface area (Å²) in [7, 11) is 0. The second-order valence-electron chi connectivity index (χ2n) is 6.28. The van der Waals surface area contributed by atoms with Gasteiger partial charge in [-0.3, -0.25) is 4.79 Å². The van der Waals surface area contributed by atoms with Crippen molar-refractivity contribution in [1.82, 2.24) is 0 Å². The largest absolute Gasteiger partial charge is 0.492 e. The molecule has 0 spiro atoms. The van der Waals surface area contributed by atoms with Crippen molar-refractivity contribution in [3.8, 4) is 5.75 Å². The predicted molar refractivity (Wildman–Crippen MR) is 83.6 cm³/mol. The van der Waals surface area contributed by atoms with Crippen LogP contribution in [0, 0.1) is 11.3 Å². The number of carboxylic acids is 1. The number of rotatable bonds is 7. The first-order chi connectivity index (χ1) is 10.1. The average Bonchev–Trinajstić information content (AvgIpc) is 2.51. The zero-order chi connectivity index (χ0) is 15.3. The Morgan fingerprint density at radius 3 is 2.81 bits per heavy atom. The maximum Gasteiger partial charge on any atom is 0.313 e.